The van der Waals surface area contributed by atoms with Gasteiger partial charge in [0.05, 0.1) is 23.0 Å². The SMILES string of the molecule is CNC(C)c1nnn(-c2cc(C(F)(F)F)ccc2C)c1C. The lowest BCUT2D eigenvalue weighted by Crippen LogP contribution is -2.14. The maximum absolute atomic E-state index is 12.8. The summed E-state index contributed by atoms with van der Waals surface area (Å²) in [6.45, 7) is 5.46. The molecule has 0 spiro atoms. The van der Waals surface area contributed by atoms with E-state index >= 15 is 0 Å². The number of alkyl halides is 3. The molecule has 7 heteroatoms. The Balaban J connectivity index is 2.54. The number of nitrogens with one attached hydrogen (secondary N) is 1. The third kappa shape index (κ3) is 2.92. The van der Waals surface area contributed by atoms with Crippen LogP contribution in [0.25, 0.3) is 5.69 Å². The van der Waals surface area contributed by atoms with Crippen molar-refractivity contribution in [1.82, 2.24) is 20.3 Å². The molecule has 0 amide bonds. The van der Waals surface area contributed by atoms with Gasteiger partial charge in [-0.25, -0.2) is 4.68 Å². The third-order valence-electron chi connectivity index (χ3n) is 3.54. The molecule has 2 aromatic rings. The molecule has 1 aromatic heterocycles. The largest absolute Gasteiger partial charge is 0.416 e. The topological polar surface area (TPSA) is 42.7 Å². The fourth-order valence-electron chi connectivity index (χ4n) is 2.12. The number of halogens is 3. The van der Waals surface area contributed by atoms with Gasteiger partial charge in [-0.1, -0.05) is 11.3 Å². The van der Waals surface area contributed by atoms with Crippen LogP contribution in [-0.4, -0.2) is 22.0 Å². The smallest absolute Gasteiger partial charge is 0.312 e. The van der Waals surface area contributed by atoms with Crippen molar-refractivity contribution in [3.63, 3.8) is 0 Å². The molecule has 1 unspecified atom stereocenters. The summed E-state index contributed by atoms with van der Waals surface area (Å²) in [6, 6.07) is 3.60. The van der Waals surface area contributed by atoms with E-state index in [1.165, 1.54) is 10.7 Å². The van der Waals surface area contributed by atoms with Crippen LogP contribution in [0.5, 0.6) is 0 Å². The maximum atomic E-state index is 12.8. The second-order valence-electron chi connectivity index (χ2n) is 4.98. The van der Waals surface area contributed by atoms with Gasteiger partial charge >= 0.3 is 6.18 Å². The van der Waals surface area contributed by atoms with Gasteiger partial charge in [0.2, 0.25) is 0 Å². The van der Waals surface area contributed by atoms with Crippen molar-refractivity contribution in [1.29, 1.82) is 0 Å². The minimum atomic E-state index is -4.38. The first kappa shape index (κ1) is 15.5. The van der Waals surface area contributed by atoms with Gasteiger partial charge in [-0.15, -0.1) is 5.10 Å². The lowest BCUT2D eigenvalue weighted by Gasteiger charge is -2.13. The number of hydrogen-bond acceptors (Lipinski definition) is 3. The second-order valence-corrected chi connectivity index (χ2v) is 4.98. The van der Waals surface area contributed by atoms with Crippen LogP contribution in [0, 0.1) is 13.8 Å². The molecule has 0 saturated heterocycles. The summed E-state index contributed by atoms with van der Waals surface area (Å²) in [6.07, 6.45) is -4.38. The fraction of sp³-hybridized carbons (Fsp3) is 0.429. The highest BCUT2D eigenvalue weighted by Crippen LogP contribution is 2.32. The van der Waals surface area contributed by atoms with Crippen LogP contribution >= 0.6 is 0 Å². The number of nitrogens with zero attached hydrogens (tertiary/aromatic N) is 3. The molecule has 0 bridgehead atoms. The molecule has 1 N–H and O–H groups in total. The van der Waals surface area contributed by atoms with Gasteiger partial charge in [-0.05, 0) is 45.5 Å². The van der Waals surface area contributed by atoms with Crippen molar-refractivity contribution < 1.29 is 13.2 Å². The Kier molecular flexibility index (Phi) is 4.04. The molecule has 0 radical (unpaired) electrons. The zero-order valence-corrected chi connectivity index (χ0v) is 12.3. The molecule has 1 atom stereocenters. The Bertz CT molecular complexity index is 646. The first-order valence-corrected chi connectivity index (χ1v) is 6.53. The Labute approximate surface area is 121 Å². The molecule has 0 aliphatic heterocycles. The van der Waals surface area contributed by atoms with Gasteiger partial charge in [0.25, 0.3) is 0 Å². The molecule has 1 aromatic carbocycles. The first-order chi connectivity index (χ1) is 9.75. The van der Waals surface area contributed by atoms with Crippen molar-refractivity contribution in [2.75, 3.05) is 7.05 Å². The minimum Gasteiger partial charge on any atom is -0.312 e. The molecule has 2 rings (SSSR count). The quantitative estimate of drug-likeness (QED) is 0.946. The van der Waals surface area contributed by atoms with Crippen LogP contribution in [0.15, 0.2) is 18.2 Å². The number of rotatable bonds is 3. The molecule has 21 heavy (non-hydrogen) atoms. The van der Waals surface area contributed by atoms with Gasteiger partial charge in [0.1, 0.15) is 5.69 Å². The number of hydrogen-bond donors (Lipinski definition) is 1. The molecule has 1 heterocycles. The van der Waals surface area contributed by atoms with E-state index in [9.17, 15) is 13.2 Å². The summed E-state index contributed by atoms with van der Waals surface area (Å²) in [5.41, 5.74) is 1.85. The number of aromatic nitrogens is 3. The summed E-state index contributed by atoms with van der Waals surface area (Å²) in [4.78, 5) is 0. The van der Waals surface area contributed by atoms with E-state index in [1.54, 1.807) is 20.9 Å². The minimum absolute atomic E-state index is 0.0233. The van der Waals surface area contributed by atoms with Crippen LogP contribution in [0.1, 0.15) is 35.5 Å². The molecular formula is C14H17F3N4. The molecule has 0 fully saturated rings. The van der Waals surface area contributed by atoms with Crippen molar-refractivity contribution in [3.8, 4) is 5.69 Å². The average molecular weight is 298 g/mol. The Morgan fingerprint density at radius 2 is 1.90 bits per heavy atom. The second kappa shape index (κ2) is 5.48. The van der Waals surface area contributed by atoms with Crippen molar-refractivity contribution in [3.05, 3.63) is 40.7 Å². The molecule has 0 aliphatic carbocycles. The predicted molar refractivity (Wildman–Crippen MR) is 73.3 cm³/mol. The van der Waals surface area contributed by atoms with Crippen molar-refractivity contribution in [2.45, 2.75) is 33.0 Å². The standard InChI is InChI=1S/C14H17F3N4/c1-8-5-6-11(14(15,16)17)7-12(8)21-10(3)13(19-20-21)9(2)18-4/h5-7,9,18H,1-4H3. The van der Waals surface area contributed by atoms with Gasteiger partial charge in [-0.2, -0.15) is 13.2 Å². The van der Waals surface area contributed by atoms with Crippen LogP contribution in [0.3, 0.4) is 0 Å². The van der Waals surface area contributed by atoms with E-state index in [0.717, 1.165) is 17.8 Å². The van der Waals surface area contributed by atoms with Crippen LogP contribution in [-0.2, 0) is 6.18 Å². The van der Waals surface area contributed by atoms with Crippen LogP contribution in [0.2, 0.25) is 0 Å². The lowest BCUT2D eigenvalue weighted by atomic mass is 10.1. The van der Waals surface area contributed by atoms with Gasteiger partial charge in [-0.3, -0.25) is 0 Å². The Morgan fingerprint density at radius 1 is 1.24 bits per heavy atom. The zero-order valence-electron chi connectivity index (χ0n) is 12.3. The summed E-state index contributed by atoms with van der Waals surface area (Å²) in [5, 5.41) is 11.1. The predicted octanol–water partition coefficient (Wildman–Crippen LogP) is 3.18. The molecule has 114 valence electrons. The average Bonchev–Trinajstić information content (AvgIpc) is 2.79. The summed E-state index contributed by atoms with van der Waals surface area (Å²) < 4.78 is 40.0. The van der Waals surface area contributed by atoms with Crippen LogP contribution < -0.4 is 5.32 Å². The maximum Gasteiger partial charge on any atom is 0.416 e. The van der Waals surface area contributed by atoms with Crippen molar-refractivity contribution >= 4 is 0 Å². The molecule has 0 saturated carbocycles. The third-order valence-corrected chi connectivity index (χ3v) is 3.54. The van der Waals surface area contributed by atoms with Crippen molar-refractivity contribution in [2.24, 2.45) is 0 Å². The van der Waals surface area contributed by atoms with E-state index in [0.29, 0.717) is 16.9 Å². The summed E-state index contributed by atoms with van der Waals surface area (Å²) >= 11 is 0. The van der Waals surface area contributed by atoms with E-state index in [-0.39, 0.29) is 6.04 Å². The Morgan fingerprint density at radius 3 is 2.48 bits per heavy atom. The summed E-state index contributed by atoms with van der Waals surface area (Å²) in [5.74, 6) is 0. The van der Waals surface area contributed by atoms with Crippen LogP contribution in [0.4, 0.5) is 13.2 Å². The van der Waals surface area contributed by atoms with Gasteiger partial charge in [0, 0.05) is 0 Å². The summed E-state index contributed by atoms with van der Waals surface area (Å²) in [7, 11) is 1.79. The highest BCUT2D eigenvalue weighted by Gasteiger charge is 2.31. The normalized spacial score (nSPS) is 13.5. The van der Waals surface area contributed by atoms with Gasteiger partial charge in [0.15, 0.2) is 0 Å². The molecular weight excluding hydrogens is 281 g/mol. The number of aryl methyl sites for hydroxylation is 1. The fourth-order valence-corrected chi connectivity index (χ4v) is 2.12. The Hall–Kier alpha value is -1.89. The first-order valence-electron chi connectivity index (χ1n) is 6.53. The number of benzene rings is 1. The van der Waals surface area contributed by atoms with Gasteiger partial charge < -0.3 is 5.32 Å². The highest BCUT2D eigenvalue weighted by atomic mass is 19.4. The zero-order chi connectivity index (χ0) is 15.8. The monoisotopic (exact) mass is 298 g/mol. The van der Waals surface area contributed by atoms with E-state index < -0.39 is 11.7 Å². The lowest BCUT2D eigenvalue weighted by molar-refractivity contribution is -0.137. The van der Waals surface area contributed by atoms with E-state index in [4.69, 9.17) is 0 Å². The highest BCUT2D eigenvalue weighted by molar-refractivity contribution is 5.44. The van der Waals surface area contributed by atoms with E-state index in [1.807, 2.05) is 6.92 Å². The molecule has 4 nitrogen and oxygen atoms in total. The van der Waals surface area contributed by atoms with E-state index in [2.05, 4.69) is 15.6 Å². The molecule has 0 aliphatic rings.